The second-order valence-electron chi connectivity index (χ2n) is 4.60. The maximum Gasteiger partial charge on any atom is 0.280 e. The summed E-state index contributed by atoms with van der Waals surface area (Å²) in [6.07, 6.45) is 2.22. The van der Waals surface area contributed by atoms with Crippen molar-refractivity contribution >= 4 is 11.6 Å². The van der Waals surface area contributed by atoms with E-state index in [9.17, 15) is 4.79 Å². The van der Waals surface area contributed by atoms with E-state index in [2.05, 4.69) is 23.2 Å². The Morgan fingerprint density at radius 3 is 2.94 bits per heavy atom. The molecule has 1 aromatic heterocycles. The summed E-state index contributed by atoms with van der Waals surface area (Å²) in [6.45, 7) is 4.50. The molecule has 18 heavy (non-hydrogen) atoms. The van der Waals surface area contributed by atoms with E-state index in [-0.39, 0.29) is 5.91 Å². The topological polar surface area (TPSA) is 46.3 Å². The number of hydrogen-bond acceptors (Lipinski definition) is 3. The Bertz CT molecular complexity index is 616. The number of amides is 1. The van der Waals surface area contributed by atoms with Crippen LogP contribution >= 0.6 is 0 Å². The van der Waals surface area contributed by atoms with Gasteiger partial charge in [0.25, 0.3) is 5.91 Å². The highest BCUT2D eigenvalue weighted by Gasteiger charge is 2.28. The Balaban J connectivity index is 2.00. The first-order valence-electron chi connectivity index (χ1n) is 5.98. The van der Waals surface area contributed by atoms with Gasteiger partial charge in [-0.05, 0) is 37.5 Å². The van der Waals surface area contributed by atoms with Gasteiger partial charge in [0.2, 0.25) is 0 Å². The third kappa shape index (κ3) is 1.61. The van der Waals surface area contributed by atoms with Crippen LogP contribution in [-0.4, -0.2) is 17.4 Å². The van der Waals surface area contributed by atoms with Crippen molar-refractivity contribution in [3.8, 4) is 0 Å². The van der Waals surface area contributed by atoms with Crippen molar-refractivity contribution in [1.29, 1.82) is 0 Å². The predicted molar refractivity (Wildman–Crippen MR) is 67.8 cm³/mol. The van der Waals surface area contributed by atoms with E-state index < -0.39 is 0 Å². The summed E-state index contributed by atoms with van der Waals surface area (Å²) >= 11 is 0. The van der Waals surface area contributed by atoms with Crippen molar-refractivity contribution in [3.63, 3.8) is 0 Å². The summed E-state index contributed by atoms with van der Waals surface area (Å²) in [7, 11) is 0. The molecule has 92 valence electrons. The molecule has 0 radical (unpaired) electrons. The standard InChI is InChI=1S/C14H14N2O2/c1-9-3-4-11-5-6-16(12(11)7-9)14(17)13-10(2)18-8-15-13/h3-4,7-8H,5-6H2,1-2H3. The van der Waals surface area contributed by atoms with E-state index in [1.807, 2.05) is 6.92 Å². The zero-order valence-corrected chi connectivity index (χ0v) is 10.4. The van der Waals surface area contributed by atoms with Gasteiger partial charge in [0, 0.05) is 12.2 Å². The minimum Gasteiger partial charge on any atom is -0.448 e. The molecule has 1 aliphatic rings. The number of nitrogens with zero attached hydrogens (tertiary/aromatic N) is 2. The number of aromatic nitrogens is 1. The van der Waals surface area contributed by atoms with Crippen LogP contribution in [0.25, 0.3) is 0 Å². The molecule has 0 saturated heterocycles. The molecule has 4 heteroatoms. The number of anilines is 1. The molecule has 0 spiro atoms. The third-order valence-electron chi connectivity index (χ3n) is 3.33. The highest BCUT2D eigenvalue weighted by Crippen LogP contribution is 2.30. The van der Waals surface area contributed by atoms with Gasteiger partial charge in [0.05, 0.1) is 0 Å². The van der Waals surface area contributed by atoms with Crippen molar-refractivity contribution in [3.05, 3.63) is 47.2 Å². The Labute approximate surface area is 105 Å². The zero-order valence-electron chi connectivity index (χ0n) is 10.4. The predicted octanol–water partition coefficient (Wildman–Crippen LogP) is 2.49. The number of rotatable bonds is 1. The Hall–Kier alpha value is -2.10. The van der Waals surface area contributed by atoms with E-state index in [0.29, 0.717) is 18.0 Å². The van der Waals surface area contributed by atoms with Crippen molar-refractivity contribution in [1.82, 2.24) is 4.98 Å². The van der Waals surface area contributed by atoms with Gasteiger partial charge in [-0.3, -0.25) is 4.79 Å². The number of hydrogen-bond donors (Lipinski definition) is 0. The number of carbonyl (C=O) groups excluding carboxylic acids is 1. The number of fused-ring (bicyclic) bond motifs is 1. The number of oxazole rings is 1. The average Bonchev–Trinajstić information content (AvgIpc) is 2.94. The summed E-state index contributed by atoms with van der Waals surface area (Å²) in [4.78, 5) is 18.2. The van der Waals surface area contributed by atoms with E-state index in [1.165, 1.54) is 12.0 Å². The quantitative estimate of drug-likeness (QED) is 0.771. The lowest BCUT2D eigenvalue weighted by Gasteiger charge is -2.16. The smallest absolute Gasteiger partial charge is 0.280 e. The highest BCUT2D eigenvalue weighted by atomic mass is 16.3. The minimum absolute atomic E-state index is 0.0781. The first-order valence-corrected chi connectivity index (χ1v) is 5.98. The molecule has 1 aromatic carbocycles. The first-order chi connectivity index (χ1) is 8.66. The maximum absolute atomic E-state index is 12.4. The van der Waals surface area contributed by atoms with E-state index in [0.717, 1.165) is 17.7 Å². The van der Waals surface area contributed by atoms with Crippen LogP contribution in [0.5, 0.6) is 0 Å². The van der Waals surface area contributed by atoms with Gasteiger partial charge in [-0.1, -0.05) is 12.1 Å². The second kappa shape index (κ2) is 3.98. The van der Waals surface area contributed by atoms with Gasteiger partial charge >= 0.3 is 0 Å². The number of benzene rings is 1. The van der Waals surface area contributed by atoms with Crippen LogP contribution < -0.4 is 4.90 Å². The van der Waals surface area contributed by atoms with Crippen LogP contribution in [0.2, 0.25) is 0 Å². The summed E-state index contributed by atoms with van der Waals surface area (Å²) in [5, 5.41) is 0. The molecule has 0 N–H and O–H groups in total. The van der Waals surface area contributed by atoms with Gasteiger partial charge in [-0.25, -0.2) is 4.98 Å². The van der Waals surface area contributed by atoms with Crippen LogP contribution in [-0.2, 0) is 6.42 Å². The molecule has 0 fully saturated rings. The lowest BCUT2D eigenvalue weighted by Crippen LogP contribution is -2.29. The van der Waals surface area contributed by atoms with Crippen LogP contribution in [0, 0.1) is 13.8 Å². The molecule has 1 amide bonds. The average molecular weight is 242 g/mol. The Morgan fingerprint density at radius 1 is 1.39 bits per heavy atom. The van der Waals surface area contributed by atoms with Crippen molar-refractivity contribution in [2.45, 2.75) is 20.3 Å². The van der Waals surface area contributed by atoms with Crippen LogP contribution in [0.1, 0.15) is 27.4 Å². The molecular weight excluding hydrogens is 228 g/mol. The van der Waals surface area contributed by atoms with Gasteiger partial charge in [-0.15, -0.1) is 0 Å². The minimum atomic E-state index is -0.0781. The van der Waals surface area contributed by atoms with Gasteiger partial charge < -0.3 is 9.32 Å². The van der Waals surface area contributed by atoms with Gasteiger partial charge in [0.15, 0.2) is 12.1 Å². The molecule has 0 unspecified atom stereocenters. The fourth-order valence-corrected chi connectivity index (χ4v) is 2.34. The monoisotopic (exact) mass is 242 g/mol. The van der Waals surface area contributed by atoms with Crippen LogP contribution in [0.3, 0.4) is 0 Å². The molecule has 4 nitrogen and oxygen atoms in total. The lowest BCUT2D eigenvalue weighted by molar-refractivity contribution is 0.0984. The van der Waals surface area contributed by atoms with Gasteiger partial charge in [-0.2, -0.15) is 0 Å². The normalized spacial score (nSPS) is 13.8. The summed E-state index contributed by atoms with van der Waals surface area (Å²) in [6, 6.07) is 6.22. The number of carbonyl (C=O) groups is 1. The van der Waals surface area contributed by atoms with Gasteiger partial charge in [0.1, 0.15) is 5.76 Å². The van der Waals surface area contributed by atoms with Crippen molar-refractivity contribution in [2.75, 3.05) is 11.4 Å². The highest BCUT2D eigenvalue weighted by molar-refractivity contribution is 6.06. The third-order valence-corrected chi connectivity index (χ3v) is 3.33. The van der Waals surface area contributed by atoms with E-state index in [1.54, 1.807) is 11.8 Å². The lowest BCUT2D eigenvalue weighted by atomic mass is 10.1. The fourth-order valence-electron chi connectivity index (χ4n) is 2.34. The SMILES string of the molecule is Cc1ccc2c(c1)N(C(=O)c1ncoc1C)CC2. The molecule has 2 aromatic rings. The summed E-state index contributed by atoms with van der Waals surface area (Å²) < 4.78 is 5.10. The maximum atomic E-state index is 12.4. The first kappa shape index (κ1) is 11.0. The Morgan fingerprint density at radius 2 is 2.22 bits per heavy atom. The van der Waals surface area contributed by atoms with E-state index in [4.69, 9.17) is 4.42 Å². The molecule has 2 heterocycles. The van der Waals surface area contributed by atoms with Crippen LogP contribution in [0.15, 0.2) is 29.0 Å². The molecule has 0 atom stereocenters. The molecule has 1 aliphatic heterocycles. The zero-order chi connectivity index (χ0) is 12.7. The van der Waals surface area contributed by atoms with Crippen LogP contribution in [0.4, 0.5) is 5.69 Å². The molecule has 0 aliphatic carbocycles. The van der Waals surface area contributed by atoms with E-state index >= 15 is 0 Å². The molecular formula is C14H14N2O2. The summed E-state index contributed by atoms with van der Waals surface area (Å²) in [5.41, 5.74) is 3.78. The fraction of sp³-hybridized carbons (Fsp3) is 0.286. The molecule has 0 bridgehead atoms. The van der Waals surface area contributed by atoms with Crippen molar-refractivity contribution in [2.24, 2.45) is 0 Å². The Kier molecular flexibility index (Phi) is 2.44. The molecule has 0 saturated carbocycles. The van der Waals surface area contributed by atoms with Crippen molar-refractivity contribution < 1.29 is 9.21 Å². The number of aryl methyl sites for hydroxylation is 2. The summed E-state index contributed by atoms with van der Waals surface area (Å²) in [5.74, 6) is 0.492. The molecule has 3 rings (SSSR count). The largest absolute Gasteiger partial charge is 0.448 e. The second-order valence-corrected chi connectivity index (χ2v) is 4.60.